The maximum absolute atomic E-state index is 11.9. The Morgan fingerprint density at radius 3 is 2.42 bits per heavy atom. The smallest absolute Gasteiger partial charge is 0.389 e. The Bertz CT molecular complexity index is 257. The van der Waals surface area contributed by atoms with Crippen molar-refractivity contribution in [2.24, 2.45) is 0 Å². The van der Waals surface area contributed by atoms with Crippen LogP contribution in [0.3, 0.4) is 0 Å². The summed E-state index contributed by atoms with van der Waals surface area (Å²) < 4.78 is 45.7. The molecule has 0 aliphatic carbocycles. The summed E-state index contributed by atoms with van der Waals surface area (Å²) in [4.78, 5) is 11.6. The third-order valence-corrected chi connectivity index (χ3v) is 2.14. The zero-order valence-corrected chi connectivity index (χ0v) is 11.5. The van der Waals surface area contributed by atoms with Gasteiger partial charge in [-0.3, -0.25) is 4.79 Å². The zero-order valence-electron chi connectivity index (χ0n) is 11.5. The number of ether oxygens (including phenoxy) is 2. The highest BCUT2D eigenvalue weighted by Gasteiger charge is 2.26. The Morgan fingerprint density at radius 2 is 1.95 bits per heavy atom. The summed E-state index contributed by atoms with van der Waals surface area (Å²) in [7, 11) is 0. The number of halogens is 3. The molecular formula is C12H22F3NO3. The van der Waals surface area contributed by atoms with Crippen molar-refractivity contribution in [3.8, 4) is 0 Å². The molecule has 0 heterocycles. The van der Waals surface area contributed by atoms with Crippen molar-refractivity contribution in [1.82, 2.24) is 5.32 Å². The lowest BCUT2D eigenvalue weighted by atomic mass is 10.2. The van der Waals surface area contributed by atoms with Crippen molar-refractivity contribution in [3.63, 3.8) is 0 Å². The van der Waals surface area contributed by atoms with Crippen LogP contribution in [0, 0.1) is 0 Å². The topological polar surface area (TPSA) is 47.6 Å². The highest BCUT2D eigenvalue weighted by Crippen LogP contribution is 2.20. The van der Waals surface area contributed by atoms with Crippen molar-refractivity contribution in [1.29, 1.82) is 0 Å². The van der Waals surface area contributed by atoms with E-state index in [4.69, 9.17) is 9.47 Å². The minimum atomic E-state index is -4.17. The summed E-state index contributed by atoms with van der Waals surface area (Å²) in [5.74, 6) is -0.452. The zero-order chi connectivity index (χ0) is 14.9. The largest absolute Gasteiger partial charge is 0.465 e. The molecule has 114 valence electrons. The van der Waals surface area contributed by atoms with Gasteiger partial charge in [-0.2, -0.15) is 13.2 Å². The van der Waals surface area contributed by atoms with Gasteiger partial charge in [-0.15, -0.1) is 0 Å². The first-order valence-corrected chi connectivity index (χ1v) is 6.33. The molecule has 0 fully saturated rings. The van der Waals surface area contributed by atoms with E-state index >= 15 is 0 Å². The molecule has 0 rings (SSSR count). The second-order valence-corrected chi connectivity index (χ2v) is 4.42. The van der Waals surface area contributed by atoms with Crippen LogP contribution in [0.5, 0.6) is 0 Å². The molecule has 1 unspecified atom stereocenters. The van der Waals surface area contributed by atoms with Gasteiger partial charge in [0, 0.05) is 19.1 Å². The summed E-state index contributed by atoms with van der Waals surface area (Å²) in [6, 6.07) is -0.598. The van der Waals surface area contributed by atoms with Crippen LogP contribution >= 0.6 is 0 Å². The molecule has 0 aromatic carbocycles. The number of nitrogens with one attached hydrogen (secondary N) is 1. The summed E-state index contributed by atoms with van der Waals surface area (Å²) in [5.41, 5.74) is 0. The predicted octanol–water partition coefficient (Wildman–Crippen LogP) is 2.28. The minimum Gasteiger partial charge on any atom is -0.465 e. The number of rotatable bonds is 9. The van der Waals surface area contributed by atoms with Gasteiger partial charge in [0.1, 0.15) is 6.04 Å². The SMILES string of the molecule is CCOC(=O)C(COCCCC(F)(F)F)NC(C)C. The normalized spacial score (nSPS) is 13.6. The molecular weight excluding hydrogens is 263 g/mol. The maximum Gasteiger partial charge on any atom is 0.389 e. The van der Waals surface area contributed by atoms with E-state index < -0.39 is 24.6 Å². The van der Waals surface area contributed by atoms with E-state index in [0.717, 1.165) is 0 Å². The van der Waals surface area contributed by atoms with E-state index in [1.807, 2.05) is 13.8 Å². The van der Waals surface area contributed by atoms with Crippen LogP contribution in [0.15, 0.2) is 0 Å². The van der Waals surface area contributed by atoms with Crippen LogP contribution in [-0.4, -0.2) is 44.0 Å². The standard InChI is InChI=1S/C12H22F3NO3/c1-4-19-11(17)10(16-9(2)3)8-18-7-5-6-12(13,14)15/h9-10,16H,4-8H2,1-3H3. The lowest BCUT2D eigenvalue weighted by Gasteiger charge is -2.19. The number of alkyl halides is 3. The summed E-state index contributed by atoms with van der Waals surface area (Å²) >= 11 is 0. The van der Waals surface area contributed by atoms with Crippen LogP contribution in [0.2, 0.25) is 0 Å². The Kier molecular flexibility index (Phi) is 8.75. The molecule has 0 aromatic heterocycles. The Morgan fingerprint density at radius 1 is 1.32 bits per heavy atom. The second kappa shape index (κ2) is 9.14. The Balaban J connectivity index is 3.96. The van der Waals surface area contributed by atoms with E-state index in [1.54, 1.807) is 6.92 Å². The lowest BCUT2D eigenvalue weighted by molar-refractivity contribution is -0.148. The molecule has 0 spiro atoms. The molecule has 0 amide bonds. The third-order valence-electron chi connectivity index (χ3n) is 2.14. The van der Waals surface area contributed by atoms with Gasteiger partial charge in [-0.1, -0.05) is 13.8 Å². The first kappa shape index (κ1) is 18.2. The maximum atomic E-state index is 11.9. The van der Waals surface area contributed by atoms with Gasteiger partial charge in [0.2, 0.25) is 0 Å². The molecule has 0 aliphatic heterocycles. The van der Waals surface area contributed by atoms with Crippen LogP contribution in [0.4, 0.5) is 13.2 Å². The van der Waals surface area contributed by atoms with Gasteiger partial charge in [0.15, 0.2) is 0 Å². The van der Waals surface area contributed by atoms with Crippen molar-refractivity contribution >= 4 is 5.97 Å². The van der Waals surface area contributed by atoms with Gasteiger partial charge >= 0.3 is 12.1 Å². The van der Waals surface area contributed by atoms with Crippen LogP contribution in [0.25, 0.3) is 0 Å². The van der Waals surface area contributed by atoms with E-state index in [-0.39, 0.29) is 32.3 Å². The fraction of sp³-hybridized carbons (Fsp3) is 0.917. The second-order valence-electron chi connectivity index (χ2n) is 4.42. The average Bonchev–Trinajstić information content (AvgIpc) is 2.25. The van der Waals surface area contributed by atoms with E-state index in [9.17, 15) is 18.0 Å². The highest BCUT2D eigenvalue weighted by atomic mass is 19.4. The lowest BCUT2D eigenvalue weighted by Crippen LogP contribution is -2.45. The van der Waals surface area contributed by atoms with Crippen molar-refractivity contribution in [2.45, 2.75) is 51.9 Å². The van der Waals surface area contributed by atoms with Crippen molar-refractivity contribution in [3.05, 3.63) is 0 Å². The van der Waals surface area contributed by atoms with Gasteiger partial charge in [-0.25, -0.2) is 0 Å². The molecule has 0 aromatic rings. The molecule has 0 radical (unpaired) electrons. The average molecular weight is 285 g/mol. The monoisotopic (exact) mass is 285 g/mol. The molecule has 1 atom stereocenters. The van der Waals surface area contributed by atoms with Crippen LogP contribution < -0.4 is 5.32 Å². The number of esters is 1. The summed E-state index contributed by atoms with van der Waals surface area (Å²) in [6.45, 7) is 5.63. The number of hydrogen-bond acceptors (Lipinski definition) is 4. The van der Waals surface area contributed by atoms with Gasteiger partial charge in [0.05, 0.1) is 13.2 Å². The third kappa shape index (κ3) is 10.8. The van der Waals surface area contributed by atoms with Gasteiger partial charge in [0.25, 0.3) is 0 Å². The molecule has 0 saturated carbocycles. The van der Waals surface area contributed by atoms with E-state index in [1.165, 1.54) is 0 Å². The van der Waals surface area contributed by atoms with E-state index in [2.05, 4.69) is 5.32 Å². The molecule has 0 aliphatic rings. The van der Waals surface area contributed by atoms with Crippen LogP contribution in [0.1, 0.15) is 33.6 Å². The first-order valence-electron chi connectivity index (χ1n) is 6.33. The number of hydrogen-bond donors (Lipinski definition) is 1. The van der Waals surface area contributed by atoms with Gasteiger partial charge < -0.3 is 14.8 Å². The van der Waals surface area contributed by atoms with E-state index in [0.29, 0.717) is 0 Å². The van der Waals surface area contributed by atoms with Crippen molar-refractivity contribution in [2.75, 3.05) is 19.8 Å². The Labute approximate surface area is 111 Å². The number of carbonyl (C=O) groups excluding carboxylic acids is 1. The molecule has 19 heavy (non-hydrogen) atoms. The van der Waals surface area contributed by atoms with Gasteiger partial charge in [-0.05, 0) is 13.3 Å². The molecule has 4 nitrogen and oxygen atoms in total. The quantitative estimate of drug-likeness (QED) is 0.521. The summed E-state index contributed by atoms with van der Waals surface area (Å²) in [6.07, 6.45) is -5.16. The molecule has 0 saturated heterocycles. The Hall–Kier alpha value is -0.820. The fourth-order valence-electron chi connectivity index (χ4n) is 1.41. The first-order chi connectivity index (χ1) is 8.76. The fourth-order valence-corrected chi connectivity index (χ4v) is 1.41. The molecule has 7 heteroatoms. The summed E-state index contributed by atoms with van der Waals surface area (Å²) in [5, 5.41) is 2.95. The number of carbonyl (C=O) groups is 1. The predicted molar refractivity (Wildman–Crippen MR) is 64.8 cm³/mol. The molecule has 0 bridgehead atoms. The molecule has 1 N–H and O–H groups in total. The highest BCUT2D eigenvalue weighted by molar-refractivity contribution is 5.75. The van der Waals surface area contributed by atoms with Crippen LogP contribution in [-0.2, 0) is 14.3 Å². The minimum absolute atomic E-state index is 0.00880. The van der Waals surface area contributed by atoms with Crippen molar-refractivity contribution < 1.29 is 27.4 Å².